The molecule has 0 bridgehead atoms. The molecule has 1 saturated heterocycles. The van der Waals surface area contributed by atoms with E-state index in [1.165, 1.54) is 6.07 Å². The van der Waals surface area contributed by atoms with Gasteiger partial charge in [0.15, 0.2) is 0 Å². The highest BCUT2D eigenvalue weighted by atomic mass is 19.1. The van der Waals surface area contributed by atoms with Crippen LogP contribution in [0.3, 0.4) is 0 Å². The average molecular weight is 452 g/mol. The van der Waals surface area contributed by atoms with E-state index in [1.807, 2.05) is 45.0 Å². The number of halogens is 1. The first-order valence-corrected chi connectivity index (χ1v) is 11.4. The second kappa shape index (κ2) is 9.43. The molecule has 1 unspecified atom stereocenters. The monoisotopic (exact) mass is 451 g/mol. The van der Waals surface area contributed by atoms with E-state index in [4.69, 9.17) is 4.74 Å². The number of amides is 1. The van der Waals surface area contributed by atoms with Crippen LogP contribution < -0.4 is 5.43 Å². The van der Waals surface area contributed by atoms with Crippen LogP contribution in [0.2, 0.25) is 0 Å². The van der Waals surface area contributed by atoms with Gasteiger partial charge in [-0.15, -0.1) is 0 Å². The Morgan fingerprint density at radius 2 is 1.94 bits per heavy atom. The molecule has 0 aliphatic carbocycles. The summed E-state index contributed by atoms with van der Waals surface area (Å²) in [6.45, 7) is 7.15. The third-order valence-corrected chi connectivity index (χ3v) is 5.96. The third-order valence-electron chi connectivity index (χ3n) is 5.96. The van der Waals surface area contributed by atoms with Crippen LogP contribution in [0.4, 0.5) is 4.39 Å². The van der Waals surface area contributed by atoms with Gasteiger partial charge in [0, 0.05) is 25.1 Å². The van der Waals surface area contributed by atoms with Crippen LogP contribution in [0, 0.1) is 5.82 Å². The normalized spacial score (nSPS) is 18.8. The Hall–Kier alpha value is -3.06. The van der Waals surface area contributed by atoms with Crippen molar-refractivity contribution < 1.29 is 18.7 Å². The van der Waals surface area contributed by atoms with Crippen LogP contribution in [0.15, 0.2) is 47.6 Å². The second-order valence-electron chi connectivity index (χ2n) is 9.60. The third kappa shape index (κ3) is 5.30. The number of carbonyl (C=O) groups excluding carboxylic acids is 2. The Bertz CT molecular complexity index is 1070. The van der Waals surface area contributed by atoms with Crippen molar-refractivity contribution in [2.75, 3.05) is 13.1 Å². The van der Waals surface area contributed by atoms with Crippen molar-refractivity contribution >= 4 is 17.9 Å². The summed E-state index contributed by atoms with van der Waals surface area (Å²) in [5, 5.41) is 4.38. The van der Waals surface area contributed by atoms with E-state index in [1.54, 1.807) is 17.0 Å². The van der Waals surface area contributed by atoms with Crippen LogP contribution in [0.1, 0.15) is 66.7 Å². The van der Waals surface area contributed by atoms with Gasteiger partial charge in [-0.1, -0.05) is 30.3 Å². The van der Waals surface area contributed by atoms with Gasteiger partial charge in [-0.05, 0) is 56.9 Å². The molecular weight excluding hydrogens is 421 g/mol. The summed E-state index contributed by atoms with van der Waals surface area (Å²) >= 11 is 0. The highest BCUT2D eigenvalue weighted by Gasteiger charge is 2.28. The summed E-state index contributed by atoms with van der Waals surface area (Å²) in [5.74, 6) is -0.823. The number of hydrazone groups is 1. The van der Waals surface area contributed by atoms with Gasteiger partial charge in [0.25, 0.3) is 5.91 Å². The maximum atomic E-state index is 14.6. The first kappa shape index (κ1) is 23.1. The summed E-state index contributed by atoms with van der Waals surface area (Å²) in [6.07, 6.45) is 2.82. The van der Waals surface area contributed by atoms with E-state index in [0.717, 1.165) is 41.5 Å². The van der Waals surface area contributed by atoms with Crippen molar-refractivity contribution in [3.63, 3.8) is 0 Å². The van der Waals surface area contributed by atoms with Gasteiger partial charge in [-0.3, -0.25) is 10.2 Å². The molecule has 174 valence electrons. The van der Waals surface area contributed by atoms with E-state index in [9.17, 15) is 14.0 Å². The fourth-order valence-corrected chi connectivity index (χ4v) is 4.43. The van der Waals surface area contributed by atoms with Gasteiger partial charge in [0.1, 0.15) is 18.1 Å². The van der Waals surface area contributed by atoms with Gasteiger partial charge >= 0.3 is 0 Å². The molecule has 1 atom stereocenters. The SMILES string of the molecule is CC(C)(C)OC1CCN(C(=O)c2cc(CC3=NNC(C=O)c4ccccc43)ccc2F)CC1. The Kier molecular flexibility index (Phi) is 6.61. The lowest BCUT2D eigenvalue weighted by Crippen LogP contribution is -2.43. The maximum Gasteiger partial charge on any atom is 0.256 e. The number of nitrogens with zero attached hydrogens (tertiary/aromatic N) is 2. The number of hydrogen-bond donors (Lipinski definition) is 1. The van der Waals surface area contributed by atoms with Crippen molar-refractivity contribution in [3.05, 3.63) is 70.5 Å². The average Bonchev–Trinajstić information content (AvgIpc) is 2.79. The van der Waals surface area contributed by atoms with E-state index < -0.39 is 11.9 Å². The molecule has 7 heteroatoms. The quantitative estimate of drug-likeness (QED) is 0.697. The minimum Gasteiger partial charge on any atom is -0.372 e. The summed E-state index contributed by atoms with van der Waals surface area (Å²) in [4.78, 5) is 26.2. The molecule has 0 aromatic heterocycles. The largest absolute Gasteiger partial charge is 0.372 e. The predicted molar refractivity (Wildman–Crippen MR) is 125 cm³/mol. The molecular formula is C26H30FN3O3. The smallest absolute Gasteiger partial charge is 0.256 e. The van der Waals surface area contributed by atoms with Crippen LogP contribution in [-0.2, 0) is 16.0 Å². The van der Waals surface area contributed by atoms with E-state index in [-0.39, 0.29) is 23.2 Å². The number of likely N-dealkylation sites (tertiary alicyclic amines) is 1. The van der Waals surface area contributed by atoms with Gasteiger partial charge in [0.05, 0.1) is 23.0 Å². The number of aldehydes is 1. The summed E-state index contributed by atoms with van der Waals surface area (Å²) in [5.41, 5.74) is 5.99. The van der Waals surface area contributed by atoms with Gasteiger partial charge < -0.3 is 14.4 Å². The Morgan fingerprint density at radius 1 is 1.21 bits per heavy atom. The number of ether oxygens (including phenoxy) is 1. The maximum absolute atomic E-state index is 14.6. The lowest BCUT2D eigenvalue weighted by Gasteiger charge is -2.35. The molecule has 1 amide bonds. The van der Waals surface area contributed by atoms with Gasteiger partial charge in [0.2, 0.25) is 0 Å². The zero-order valence-electron chi connectivity index (χ0n) is 19.3. The number of rotatable bonds is 5. The van der Waals surface area contributed by atoms with Crippen molar-refractivity contribution in [1.29, 1.82) is 0 Å². The molecule has 2 aliphatic rings. The fraction of sp³-hybridized carbons (Fsp3) is 0.423. The molecule has 2 aromatic carbocycles. The zero-order chi connectivity index (χ0) is 23.6. The number of fused-ring (bicyclic) bond motifs is 1. The minimum absolute atomic E-state index is 0.0751. The predicted octanol–water partition coefficient (Wildman–Crippen LogP) is 4.04. The van der Waals surface area contributed by atoms with Crippen molar-refractivity contribution in [3.8, 4) is 0 Å². The van der Waals surface area contributed by atoms with Crippen LogP contribution in [-0.4, -0.2) is 47.6 Å². The molecule has 1 N–H and O–H groups in total. The number of carbonyl (C=O) groups is 2. The van der Waals surface area contributed by atoms with Crippen molar-refractivity contribution in [2.45, 2.75) is 57.8 Å². The van der Waals surface area contributed by atoms with Crippen LogP contribution in [0.5, 0.6) is 0 Å². The molecule has 1 fully saturated rings. The Balaban J connectivity index is 1.48. The molecule has 6 nitrogen and oxygen atoms in total. The second-order valence-corrected chi connectivity index (χ2v) is 9.60. The van der Waals surface area contributed by atoms with Gasteiger partial charge in [-0.25, -0.2) is 4.39 Å². The lowest BCUT2D eigenvalue weighted by molar-refractivity contribution is -0.109. The van der Waals surface area contributed by atoms with E-state index in [2.05, 4.69) is 10.5 Å². The topological polar surface area (TPSA) is 71.0 Å². The van der Waals surface area contributed by atoms with Crippen molar-refractivity contribution in [2.24, 2.45) is 5.10 Å². The zero-order valence-corrected chi connectivity index (χ0v) is 19.3. The summed E-state index contributed by atoms with van der Waals surface area (Å²) in [7, 11) is 0. The summed E-state index contributed by atoms with van der Waals surface area (Å²) < 4.78 is 20.7. The first-order valence-electron chi connectivity index (χ1n) is 11.4. The van der Waals surface area contributed by atoms with E-state index >= 15 is 0 Å². The lowest BCUT2D eigenvalue weighted by atomic mass is 9.92. The minimum atomic E-state index is -0.526. The van der Waals surface area contributed by atoms with Crippen molar-refractivity contribution in [1.82, 2.24) is 10.3 Å². The fourth-order valence-electron chi connectivity index (χ4n) is 4.43. The highest BCUT2D eigenvalue weighted by molar-refractivity contribution is 6.04. The number of nitrogens with one attached hydrogen (secondary N) is 1. The number of piperidine rings is 1. The summed E-state index contributed by atoms with van der Waals surface area (Å²) in [6, 6.07) is 11.7. The van der Waals surface area contributed by atoms with Crippen LogP contribution >= 0.6 is 0 Å². The Morgan fingerprint density at radius 3 is 2.64 bits per heavy atom. The van der Waals surface area contributed by atoms with Crippen LogP contribution in [0.25, 0.3) is 0 Å². The molecule has 2 heterocycles. The van der Waals surface area contributed by atoms with E-state index in [0.29, 0.717) is 19.5 Å². The standard InChI is InChI=1S/C26H30FN3O3/c1-26(2,3)33-18-10-12-30(13-11-18)25(32)21-14-17(8-9-22(21)27)15-23-19-6-4-5-7-20(19)24(16-31)29-28-23/h4-9,14,16,18,24,29H,10-13,15H2,1-3H3. The number of hydrogen-bond acceptors (Lipinski definition) is 5. The first-order chi connectivity index (χ1) is 15.7. The molecule has 2 aliphatic heterocycles. The molecule has 0 radical (unpaired) electrons. The molecule has 0 spiro atoms. The van der Waals surface area contributed by atoms with Gasteiger partial charge in [-0.2, -0.15) is 5.10 Å². The molecule has 2 aromatic rings. The molecule has 4 rings (SSSR count). The Labute approximate surface area is 193 Å². The highest BCUT2D eigenvalue weighted by Crippen LogP contribution is 2.25. The number of benzene rings is 2. The molecule has 0 saturated carbocycles. The molecule has 33 heavy (non-hydrogen) atoms.